The van der Waals surface area contributed by atoms with E-state index in [9.17, 15) is 4.79 Å². The predicted octanol–water partition coefficient (Wildman–Crippen LogP) is 2.94. The van der Waals surface area contributed by atoms with Crippen LogP contribution in [0.3, 0.4) is 0 Å². The average molecular weight is 275 g/mol. The number of amides is 1. The summed E-state index contributed by atoms with van der Waals surface area (Å²) in [6.45, 7) is 8.24. The molecule has 1 amide bonds. The van der Waals surface area contributed by atoms with E-state index in [0.717, 1.165) is 19.3 Å². The van der Waals surface area contributed by atoms with Gasteiger partial charge in [-0.15, -0.1) is 0 Å². The minimum Gasteiger partial charge on any atom is -0.444 e. The third kappa shape index (κ3) is 9.73. The number of ether oxygens (including phenoxy) is 3. The van der Waals surface area contributed by atoms with Crippen molar-refractivity contribution < 1.29 is 19.0 Å². The molecule has 0 spiro atoms. The summed E-state index contributed by atoms with van der Waals surface area (Å²) in [6.07, 6.45) is 2.23. The molecule has 0 unspecified atom stereocenters. The van der Waals surface area contributed by atoms with E-state index >= 15 is 0 Å². The minimum absolute atomic E-state index is 0.225. The average Bonchev–Trinajstić information content (AvgIpc) is 2.30. The van der Waals surface area contributed by atoms with Gasteiger partial charge in [-0.2, -0.15) is 0 Å². The van der Waals surface area contributed by atoms with Crippen LogP contribution in [0, 0.1) is 5.92 Å². The SMILES string of the molecule is CCC[C@@H](CNC(=O)OC(C)(C)C)CC(OC)OC. The van der Waals surface area contributed by atoms with Crippen LogP contribution in [-0.2, 0) is 14.2 Å². The van der Waals surface area contributed by atoms with E-state index in [1.807, 2.05) is 20.8 Å². The molecule has 5 heteroatoms. The standard InChI is InChI=1S/C14H29NO4/c1-7-8-11(9-12(17-5)18-6)10-15-13(16)19-14(2,3)4/h11-12H,7-10H2,1-6H3,(H,15,16)/t11-/m1/s1. The van der Waals surface area contributed by atoms with E-state index in [-0.39, 0.29) is 12.4 Å². The molecule has 0 aliphatic heterocycles. The molecule has 0 radical (unpaired) electrons. The molecule has 19 heavy (non-hydrogen) atoms. The molecule has 0 aliphatic rings. The first kappa shape index (κ1) is 18.2. The number of hydrogen-bond acceptors (Lipinski definition) is 4. The Labute approximate surface area is 117 Å². The molecule has 0 aromatic heterocycles. The van der Waals surface area contributed by atoms with Crippen molar-refractivity contribution in [1.29, 1.82) is 0 Å². The van der Waals surface area contributed by atoms with Gasteiger partial charge in [0.25, 0.3) is 0 Å². The van der Waals surface area contributed by atoms with Gasteiger partial charge in [-0.3, -0.25) is 0 Å². The molecule has 0 bridgehead atoms. The largest absolute Gasteiger partial charge is 0.444 e. The number of carbonyl (C=O) groups is 1. The van der Waals surface area contributed by atoms with Gasteiger partial charge in [-0.25, -0.2) is 4.79 Å². The van der Waals surface area contributed by atoms with Crippen molar-refractivity contribution in [3.63, 3.8) is 0 Å². The number of rotatable bonds is 8. The Morgan fingerprint density at radius 3 is 2.21 bits per heavy atom. The smallest absolute Gasteiger partial charge is 0.407 e. The molecular formula is C14H29NO4. The van der Waals surface area contributed by atoms with Gasteiger partial charge >= 0.3 is 6.09 Å². The first-order valence-corrected chi connectivity index (χ1v) is 6.84. The molecule has 0 fully saturated rings. The zero-order valence-corrected chi connectivity index (χ0v) is 13.1. The van der Waals surface area contributed by atoms with E-state index in [1.54, 1.807) is 14.2 Å². The molecule has 0 heterocycles. The zero-order valence-electron chi connectivity index (χ0n) is 13.1. The summed E-state index contributed by atoms with van der Waals surface area (Å²) in [5.74, 6) is 0.322. The quantitative estimate of drug-likeness (QED) is 0.692. The van der Waals surface area contributed by atoms with Crippen LogP contribution in [-0.4, -0.2) is 38.7 Å². The van der Waals surface area contributed by atoms with Crippen LogP contribution < -0.4 is 5.32 Å². The molecule has 0 aromatic carbocycles. The van der Waals surface area contributed by atoms with Crippen LogP contribution in [0.4, 0.5) is 4.79 Å². The number of methoxy groups -OCH3 is 2. The van der Waals surface area contributed by atoms with E-state index in [2.05, 4.69) is 12.2 Å². The minimum atomic E-state index is -0.466. The van der Waals surface area contributed by atoms with Gasteiger partial charge in [-0.1, -0.05) is 13.3 Å². The highest BCUT2D eigenvalue weighted by molar-refractivity contribution is 5.67. The normalized spacial score (nSPS) is 13.4. The summed E-state index contributed by atoms with van der Waals surface area (Å²) in [7, 11) is 3.25. The highest BCUT2D eigenvalue weighted by Gasteiger charge is 2.19. The van der Waals surface area contributed by atoms with E-state index < -0.39 is 5.60 Å². The van der Waals surface area contributed by atoms with Crippen LogP contribution in [0.25, 0.3) is 0 Å². The second kappa shape index (κ2) is 9.15. The number of nitrogens with one attached hydrogen (secondary N) is 1. The lowest BCUT2D eigenvalue weighted by Crippen LogP contribution is -2.36. The van der Waals surface area contributed by atoms with E-state index in [4.69, 9.17) is 14.2 Å². The van der Waals surface area contributed by atoms with Crippen LogP contribution in [0.5, 0.6) is 0 Å². The Kier molecular flexibility index (Phi) is 8.76. The topological polar surface area (TPSA) is 56.8 Å². The van der Waals surface area contributed by atoms with Crippen molar-refractivity contribution in [3.05, 3.63) is 0 Å². The fourth-order valence-electron chi connectivity index (χ4n) is 1.81. The fourth-order valence-corrected chi connectivity index (χ4v) is 1.81. The highest BCUT2D eigenvalue weighted by atomic mass is 16.7. The third-order valence-electron chi connectivity index (χ3n) is 2.68. The van der Waals surface area contributed by atoms with Gasteiger partial charge in [0.05, 0.1) is 0 Å². The molecule has 114 valence electrons. The molecule has 0 saturated carbocycles. The predicted molar refractivity (Wildman–Crippen MR) is 75.1 cm³/mol. The Bertz CT molecular complexity index is 246. The molecule has 0 saturated heterocycles. The maximum Gasteiger partial charge on any atom is 0.407 e. The Morgan fingerprint density at radius 1 is 1.21 bits per heavy atom. The van der Waals surface area contributed by atoms with Gasteiger partial charge in [0.2, 0.25) is 0 Å². The summed E-state index contributed by atoms with van der Waals surface area (Å²) < 4.78 is 15.6. The van der Waals surface area contributed by atoms with Crippen LogP contribution in [0.1, 0.15) is 47.0 Å². The first-order valence-electron chi connectivity index (χ1n) is 6.84. The second-order valence-electron chi connectivity index (χ2n) is 5.67. The van der Waals surface area contributed by atoms with Gasteiger partial charge in [0.15, 0.2) is 6.29 Å². The number of carbonyl (C=O) groups excluding carboxylic acids is 1. The van der Waals surface area contributed by atoms with Crippen molar-refractivity contribution in [2.45, 2.75) is 58.8 Å². The molecule has 0 aromatic rings. The molecule has 0 rings (SSSR count). The first-order chi connectivity index (χ1) is 8.82. The lowest BCUT2D eigenvalue weighted by Gasteiger charge is -2.23. The summed E-state index contributed by atoms with van der Waals surface area (Å²) >= 11 is 0. The zero-order chi connectivity index (χ0) is 14.9. The lowest BCUT2D eigenvalue weighted by molar-refractivity contribution is -0.114. The summed E-state index contributed by atoms with van der Waals surface area (Å²) in [5, 5.41) is 2.81. The van der Waals surface area contributed by atoms with Crippen LogP contribution >= 0.6 is 0 Å². The van der Waals surface area contributed by atoms with Crippen molar-refractivity contribution >= 4 is 6.09 Å². The van der Waals surface area contributed by atoms with Gasteiger partial charge in [0.1, 0.15) is 5.60 Å². The Balaban J connectivity index is 4.16. The van der Waals surface area contributed by atoms with Crippen molar-refractivity contribution in [3.8, 4) is 0 Å². The molecule has 5 nitrogen and oxygen atoms in total. The van der Waals surface area contributed by atoms with Crippen molar-refractivity contribution in [1.82, 2.24) is 5.32 Å². The van der Waals surface area contributed by atoms with Gasteiger partial charge in [0, 0.05) is 27.2 Å². The Hall–Kier alpha value is -0.810. The number of hydrogen-bond donors (Lipinski definition) is 1. The van der Waals surface area contributed by atoms with Gasteiger partial charge in [-0.05, 0) is 33.1 Å². The maximum atomic E-state index is 11.6. The second-order valence-corrected chi connectivity index (χ2v) is 5.67. The maximum absolute atomic E-state index is 11.6. The van der Waals surface area contributed by atoms with Crippen molar-refractivity contribution in [2.75, 3.05) is 20.8 Å². The lowest BCUT2D eigenvalue weighted by atomic mass is 9.99. The van der Waals surface area contributed by atoms with Crippen molar-refractivity contribution in [2.24, 2.45) is 5.92 Å². The number of alkyl carbamates (subject to hydrolysis) is 1. The molecule has 0 aliphatic carbocycles. The summed E-state index contributed by atoms with van der Waals surface area (Å²) in [6, 6.07) is 0. The van der Waals surface area contributed by atoms with Crippen LogP contribution in [0.2, 0.25) is 0 Å². The molecular weight excluding hydrogens is 246 g/mol. The fraction of sp³-hybridized carbons (Fsp3) is 0.929. The van der Waals surface area contributed by atoms with Crippen LogP contribution in [0.15, 0.2) is 0 Å². The van der Waals surface area contributed by atoms with E-state index in [1.165, 1.54) is 0 Å². The van der Waals surface area contributed by atoms with E-state index in [0.29, 0.717) is 12.5 Å². The van der Waals surface area contributed by atoms with Gasteiger partial charge < -0.3 is 19.5 Å². The summed E-state index contributed by atoms with van der Waals surface area (Å²) in [4.78, 5) is 11.6. The molecule has 1 atom stereocenters. The molecule has 1 N–H and O–H groups in total. The summed E-state index contributed by atoms with van der Waals surface area (Å²) in [5.41, 5.74) is -0.466. The highest BCUT2D eigenvalue weighted by Crippen LogP contribution is 2.15. The third-order valence-corrected chi connectivity index (χ3v) is 2.68. The Morgan fingerprint density at radius 2 is 1.79 bits per heavy atom. The monoisotopic (exact) mass is 275 g/mol.